The Bertz CT molecular complexity index is 3020. The summed E-state index contributed by atoms with van der Waals surface area (Å²) in [5, 5.41) is 40.4. The zero-order chi connectivity index (χ0) is 44.8. The van der Waals surface area contributed by atoms with E-state index in [0.29, 0.717) is 45.3 Å². The van der Waals surface area contributed by atoms with Crippen LogP contribution in [0.2, 0.25) is 0 Å². The maximum absolute atomic E-state index is 10.5. The van der Waals surface area contributed by atoms with Crippen LogP contribution in [0.15, 0.2) is 103 Å². The van der Waals surface area contributed by atoms with Gasteiger partial charge in [0.2, 0.25) is 0 Å². The summed E-state index contributed by atoms with van der Waals surface area (Å²) >= 11 is 0. The van der Waals surface area contributed by atoms with Gasteiger partial charge >= 0.3 is 0 Å². The molecular weight excluding hydrogens is 839 g/mol. The smallest absolute Gasteiger partial charge is 0.166 e. The third-order valence-electron chi connectivity index (χ3n) is 11.3. The summed E-state index contributed by atoms with van der Waals surface area (Å²) in [6, 6.07) is 18.6. The monoisotopic (exact) mass is 883 g/mol. The van der Waals surface area contributed by atoms with Gasteiger partial charge in [0.25, 0.3) is 0 Å². The summed E-state index contributed by atoms with van der Waals surface area (Å²) in [6.45, 7) is 4.16. The number of hydrogen-bond donors (Lipinski definition) is 3. The van der Waals surface area contributed by atoms with Crippen LogP contribution in [-0.4, -0.2) is 141 Å². The van der Waals surface area contributed by atoms with Gasteiger partial charge in [-0.25, -0.2) is 24.9 Å². The molecule has 11 rings (SSSR count). The summed E-state index contributed by atoms with van der Waals surface area (Å²) in [7, 11) is 3.82. The number of nitrogens with zero attached hydrogens (tertiary/aromatic N) is 12. The molecule has 334 valence electrons. The van der Waals surface area contributed by atoms with Gasteiger partial charge in [0.05, 0.1) is 40.5 Å². The lowest BCUT2D eigenvalue weighted by Crippen LogP contribution is -2.34. The molecule has 3 aliphatic rings. The van der Waals surface area contributed by atoms with E-state index in [-0.39, 0.29) is 31.5 Å². The Hall–Kier alpha value is -7.01. The minimum absolute atomic E-state index is 0.0524. The lowest BCUT2D eigenvalue weighted by Gasteiger charge is -2.25. The molecule has 3 aliphatic heterocycles. The van der Waals surface area contributed by atoms with Crippen molar-refractivity contribution in [3.8, 4) is 11.5 Å². The maximum Gasteiger partial charge on any atom is 0.166 e. The van der Waals surface area contributed by atoms with Crippen molar-refractivity contribution in [1.82, 2.24) is 54.4 Å². The molecule has 4 N–H and O–H groups in total. The first-order chi connectivity index (χ1) is 31.5. The SMILES string of the molecule is CN(C)C=Nc1ncnc2c1ccn2[C@@H]1O[C@H](COc2ccc3ccnnc3c2)[C@H]2OC(C)(C)O[C@H]21.Nc1ncnc2c1ccn2[C@@H]1O[C@H](COc2ccc3ccnnc3c2)[C@@H](O)[C@H]1O. The molecule has 6 aromatic heterocycles. The third-order valence-corrected chi connectivity index (χ3v) is 11.3. The molecule has 2 aromatic carbocycles. The normalized spacial score (nSPS) is 24.8. The van der Waals surface area contributed by atoms with Crippen LogP contribution in [0, 0.1) is 0 Å². The van der Waals surface area contributed by atoms with Crippen LogP contribution in [0.3, 0.4) is 0 Å². The molecule has 0 unspecified atom stereocenters. The lowest BCUT2D eigenvalue weighted by molar-refractivity contribution is -0.198. The molecule has 0 amide bonds. The number of anilines is 1. The molecule has 0 aliphatic carbocycles. The number of aliphatic hydroxyl groups is 2. The number of hydrogen-bond acceptors (Lipinski definition) is 18. The first-order valence-electron chi connectivity index (χ1n) is 20.8. The molecule has 3 saturated heterocycles. The number of benzene rings is 2. The summed E-state index contributed by atoms with van der Waals surface area (Å²) < 4.78 is 40.4. The van der Waals surface area contributed by atoms with E-state index in [4.69, 9.17) is 34.2 Å². The second kappa shape index (κ2) is 17.2. The summed E-state index contributed by atoms with van der Waals surface area (Å²) in [6.07, 6.45) is 6.18. The topological polar surface area (TPSA) is 250 Å². The second-order valence-electron chi connectivity index (χ2n) is 16.4. The van der Waals surface area contributed by atoms with Crippen LogP contribution in [0.5, 0.6) is 11.5 Å². The quantitative estimate of drug-likeness (QED) is 0.131. The molecule has 0 saturated carbocycles. The highest BCUT2D eigenvalue weighted by Gasteiger charge is 2.56. The molecule has 21 heteroatoms. The van der Waals surface area contributed by atoms with Crippen LogP contribution in [0.1, 0.15) is 26.3 Å². The van der Waals surface area contributed by atoms with Gasteiger partial charge < -0.3 is 58.4 Å². The first kappa shape index (κ1) is 42.0. The third kappa shape index (κ3) is 8.31. The van der Waals surface area contributed by atoms with Gasteiger partial charge in [-0.3, -0.25) is 0 Å². The average Bonchev–Trinajstić information content (AvgIpc) is 4.13. The van der Waals surface area contributed by atoms with Crippen LogP contribution in [-0.2, 0) is 18.9 Å². The molecule has 3 fully saturated rings. The molecule has 21 nitrogen and oxygen atoms in total. The number of aromatic nitrogens is 10. The van der Waals surface area contributed by atoms with Gasteiger partial charge in [-0.05, 0) is 62.4 Å². The van der Waals surface area contributed by atoms with E-state index in [1.807, 2.05) is 86.1 Å². The van der Waals surface area contributed by atoms with Crippen LogP contribution in [0.25, 0.3) is 43.9 Å². The predicted molar refractivity (Wildman–Crippen MR) is 235 cm³/mol. The molecule has 8 atom stereocenters. The zero-order valence-corrected chi connectivity index (χ0v) is 35.6. The molecule has 0 spiro atoms. The molecule has 9 heterocycles. The Morgan fingerprint density at radius 1 is 0.723 bits per heavy atom. The van der Waals surface area contributed by atoms with Crippen LogP contribution < -0.4 is 15.2 Å². The van der Waals surface area contributed by atoms with Gasteiger partial charge in [0.1, 0.15) is 91.1 Å². The Morgan fingerprint density at radius 2 is 1.31 bits per heavy atom. The number of nitrogens with two attached hydrogens (primary N) is 1. The van der Waals surface area contributed by atoms with E-state index in [0.717, 1.165) is 21.7 Å². The highest BCUT2D eigenvalue weighted by atomic mass is 16.8. The lowest BCUT2D eigenvalue weighted by atomic mass is 10.1. The van der Waals surface area contributed by atoms with Crippen molar-refractivity contribution in [3.63, 3.8) is 0 Å². The highest BCUT2D eigenvalue weighted by molar-refractivity contribution is 5.88. The molecule has 8 aromatic rings. The van der Waals surface area contributed by atoms with Crippen LogP contribution in [0.4, 0.5) is 11.6 Å². The van der Waals surface area contributed by atoms with E-state index in [2.05, 4.69) is 45.3 Å². The van der Waals surface area contributed by atoms with Crippen molar-refractivity contribution < 1.29 is 38.6 Å². The molecule has 0 bridgehead atoms. The summed E-state index contributed by atoms with van der Waals surface area (Å²) in [4.78, 5) is 23.3. The molecule has 65 heavy (non-hydrogen) atoms. The maximum atomic E-state index is 10.5. The Labute approximate surface area is 370 Å². The summed E-state index contributed by atoms with van der Waals surface area (Å²) in [5.41, 5.74) is 8.56. The van der Waals surface area contributed by atoms with Crippen LogP contribution >= 0.6 is 0 Å². The highest BCUT2D eigenvalue weighted by Crippen LogP contribution is 2.44. The fraction of sp³-hybridized carbons (Fsp3) is 0.341. The van der Waals surface area contributed by atoms with Crippen molar-refractivity contribution in [2.24, 2.45) is 4.99 Å². The van der Waals surface area contributed by atoms with E-state index in [1.54, 1.807) is 47.7 Å². The second-order valence-corrected chi connectivity index (χ2v) is 16.4. The van der Waals surface area contributed by atoms with Crippen molar-refractivity contribution in [2.75, 3.05) is 33.0 Å². The predicted octanol–water partition coefficient (Wildman–Crippen LogP) is 3.75. The van der Waals surface area contributed by atoms with Crippen molar-refractivity contribution in [2.45, 2.75) is 68.7 Å². The first-order valence-corrected chi connectivity index (χ1v) is 20.8. The number of nitrogen functional groups attached to an aromatic ring is 1. The van der Waals surface area contributed by atoms with Gasteiger partial charge in [-0.1, -0.05) is 0 Å². The fourth-order valence-corrected chi connectivity index (χ4v) is 8.20. The van der Waals surface area contributed by atoms with Gasteiger partial charge in [-0.2, -0.15) is 20.4 Å². The minimum Gasteiger partial charge on any atom is -0.491 e. The number of rotatable bonds is 10. The molecular formula is C44H45N13O8. The minimum atomic E-state index is -1.15. The largest absolute Gasteiger partial charge is 0.491 e. The number of aliphatic hydroxyl groups excluding tert-OH is 2. The fourth-order valence-electron chi connectivity index (χ4n) is 8.20. The van der Waals surface area contributed by atoms with E-state index in [9.17, 15) is 10.2 Å². The molecule has 0 radical (unpaired) electrons. The van der Waals surface area contributed by atoms with Crippen molar-refractivity contribution >= 4 is 61.8 Å². The number of ether oxygens (including phenoxy) is 6. The van der Waals surface area contributed by atoms with Gasteiger partial charge in [0.15, 0.2) is 24.1 Å². The Morgan fingerprint density at radius 3 is 1.98 bits per heavy atom. The van der Waals surface area contributed by atoms with Gasteiger partial charge in [0, 0.05) is 49.4 Å². The van der Waals surface area contributed by atoms with E-state index >= 15 is 0 Å². The van der Waals surface area contributed by atoms with E-state index in [1.165, 1.54) is 12.7 Å². The standard InChI is InChI=1S/C25H27N7O4.C19H18N6O4/c1-25(2)35-20-19(12-33-16-6-5-15-7-9-29-30-18(15)11-16)34-24(21(20)36-25)32-10-8-17-22(28-14-31(3)4)26-13-27-23(17)32;20-17-12-4-6-25(18(12)22-9-21-17)19-16(27)15(26)14(29-19)8-28-11-2-1-10-3-5-23-24-13(10)7-11/h5-11,13-14,19-21,24H,12H2,1-4H3;1-7,9,14-16,19,26-27H,8H2,(H2,20,21,22)/t19-,20-,21-,24-;14-,15-,16-,19-/m11/s1. The Balaban J connectivity index is 0.000000157. The Kier molecular flexibility index (Phi) is 11.1. The zero-order valence-electron chi connectivity index (χ0n) is 35.6. The van der Waals surface area contributed by atoms with E-state index < -0.39 is 36.6 Å². The average molecular weight is 884 g/mol. The van der Waals surface area contributed by atoms with Crippen molar-refractivity contribution in [3.05, 3.63) is 98.1 Å². The number of fused-ring (bicyclic) bond motifs is 5. The summed E-state index contributed by atoms with van der Waals surface area (Å²) in [5.74, 6) is 1.44. The van der Waals surface area contributed by atoms with Gasteiger partial charge in [-0.15, -0.1) is 0 Å². The van der Waals surface area contributed by atoms with Crippen molar-refractivity contribution in [1.29, 1.82) is 0 Å². The number of aliphatic imine (C=N–C) groups is 1.